The van der Waals surface area contributed by atoms with Crippen LogP contribution >= 0.6 is 11.8 Å². The molecule has 0 amide bonds. The maximum absolute atomic E-state index is 4.60. The summed E-state index contributed by atoms with van der Waals surface area (Å²) in [7, 11) is 0. The highest BCUT2D eigenvalue weighted by atomic mass is 32.2. The first-order chi connectivity index (χ1) is 9.56. The standard InChI is InChI=1S/C15H28N4S/c1-6-7-16-13-8-14(17-9-12(4)10-20-5)19-15(18-13)11(2)3/h8,11-12H,6-7,9-10H2,1-5H3,(H2,16,17,18,19). The molecule has 0 fully saturated rings. The third kappa shape index (κ3) is 5.99. The van der Waals surface area contributed by atoms with Crippen molar-refractivity contribution in [3.8, 4) is 0 Å². The van der Waals surface area contributed by atoms with Gasteiger partial charge in [-0.25, -0.2) is 9.97 Å². The van der Waals surface area contributed by atoms with E-state index in [0.717, 1.165) is 42.7 Å². The molecule has 0 bridgehead atoms. The van der Waals surface area contributed by atoms with Crippen molar-refractivity contribution in [3.05, 3.63) is 11.9 Å². The van der Waals surface area contributed by atoms with Crippen molar-refractivity contribution in [2.45, 2.75) is 40.0 Å². The second kappa shape index (κ2) is 9.06. The highest BCUT2D eigenvalue weighted by Crippen LogP contribution is 2.17. The van der Waals surface area contributed by atoms with E-state index < -0.39 is 0 Å². The van der Waals surface area contributed by atoms with E-state index in [4.69, 9.17) is 0 Å². The van der Waals surface area contributed by atoms with Crippen LogP contribution in [-0.2, 0) is 0 Å². The fourth-order valence-corrected chi connectivity index (χ4v) is 2.47. The van der Waals surface area contributed by atoms with Gasteiger partial charge < -0.3 is 10.6 Å². The minimum atomic E-state index is 0.336. The molecule has 1 rings (SSSR count). The van der Waals surface area contributed by atoms with Crippen molar-refractivity contribution in [2.75, 3.05) is 35.7 Å². The van der Waals surface area contributed by atoms with Crippen LogP contribution in [0.5, 0.6) is 0 Å². The maximum atomic E-state index is 4.60. The van der Waals surface area contributed by atoms with Crippen molar-refractivity contribution >= 4 is 23.4 Å². The van der Waals surface area contributed by atoms with Gasteiger partial charge in [0.2, 0.25) is 0 Å². The molecule has 0 saturated carbocycles. The largest absolute Gasteiger partial charge is 0.370 e. The van der Waals surface area contributed by atoms with Crippen LogP contribution in [0.1, 0.15) is 45.9 Å². The van der Waals surface area contributed by atoms with Crippen LogP contribution in [0.25, 0.3) is 0 Å². The van der Waals surface area contributed by atoms with Gasteiger partial charge in [0.1, 0.15) is 17.5 Å². The average Bonchev–Trinajstić information content (AvgIpc) is 2.43. The van der Waals surface area contributed by atoms with Gasteiger partial charge in [-0.15, -0.1) is 0 Å². The van der Waals surface area contributed by atoms with Gasteiger partial charge in [0.25, 0.3) is 0 Å². The molecule has 0 aliphatic rings. The Labute approximate surface area is 127 Å². The zero-order valence-electron chi connectivity index (χ0n) is 13.4. The first kappa shape index (κ1) is 17.1. The van der Waals surface area contributed by atoms with Crippen molar-refractivity contribution in [1.82, 2.24) is 9.97 Å². The summed E-state index contributed by atoms with van der Waals surface area (Å²) < 4.78 is 0. The van der Waals surface area contributed by atoms with Gasteiger partial charge in [-0.05, 0) is 24.3 Å². The fourth-order valence-electron chi connectivity index (χ4n) is 1.78. The zero-order valence-corrected chi connectivity index (χ0v) is 14.2. The third-order valence-electron chi connectivity index (χ3n) is 2.90. The molecule has 0 radical (unpaired) electrons. The van der Waals surface area contributed by atoms with Crippen LogP contribution in [0, 0.1) is 5.92 Å². The number of rotatable bonds is 9. The summed E-state index contributed by atoms with van der Waals surface area (Å²) in [6.07, 6.45) is 3.24. The molecule has 4 nitrogen and oxygen atoms in total. The second-order valence-electron chi connectivity index (χ2n) is 5.52. The Bertz CT molecular complexity index is 395. The Morgan fingerprint density at radius 3 is 2.35 bits per heavy atom. The number of nitrogens with zero attached hydrogens (tertiary/aromatic N) is 2. The Morgan fingerprint density at radius 1 is 1.15 bits per heavy atom. The fraction of sp³-hybridized carbons (Fsp3) is 0.733. The van der Waals surface area contributed by atoms with Crippen molar-refractivity contribution in [3.63, 3.8) is 0 Å². The molecule has 1 aromatic heterocycles. The first-order valence-corrected chi connectivity index (χ1v) is 8.81. The summed E-state index contributed by atoms with van der Waals surface area (Å²) in [5.74, 6) is 4.87. The summed E-state index contributed by atoms with van der Waals surface area (Å²) in [6, 6.07) is 2.01. The molecule has 0 spiro atoms. The lowest BCUT2D eigenvalue weighted by Gasteiger charge is -2.15. The summed E-state index contributed by atoms with van der Waals surface area (Å²) >= 11 is 1.88. The van der Waals surface area contributed by atoms with Crippen molar-refractivity contribution in [2.24, 2.45) is 5.92 Å². The summed E-state index contributed by atoms with van der Waals surface area (Å²) in [5.41, 5.74) is 0. The van der Waals surface area contributed by atoms with Crippen LogP contribution in [-0.4, -0.2) is 35.1 Å². The van der Waals surface area contributed by atoms with Crippen LogP contribution in [0.2, 0.25) is 0 Å². The Hall–Kier alpha value is -0.970. The predicted octanol–water partition coefficient (Wildman–Crippen LogP) is 3.83. The minimum Gasteiger partial charge on any atom is -0.370 e. The number of hydrogen-bond acceptors (Lipinski definition) is 5. The van der Waals surface area contributed by atoms with Gasteiger partial charge in [-0.3, -0.25) is 0 Å². The van der Waals surface area contributed by atoms with E-state index in [0.29, 0.717) is 11.8 Å². The van der Waals surface area contributed by atoms with Crippen LogP contribution < -0.4 is 10.6 Å². The van der Waals surface area contributed by atoms with E-state index in [2.05, 4.69) is 54.6 Å². The van der Waals surface area contributed by atoms with E-state index in [-0.39, 0.29) is 0 Å². The molecule has 114 valence electrons. The quantitative estimate of drug-likeness (QED) is 0.725. The lowest BCUT2D eigenvalue weighted by molar-refractivity contribution is 0.696. The second-order valence-corrected chi connectivity index (χ2v) is 6.43. The van der Waals surface area contributed by atoms with Crippen LogP contribution in [0.3, 0.4) is 0 Å². The van der Waals surface area contributed by atoms with E-state index in [1.807, 2.05) is 17.8 Å². The number of thioether (sulfide) groups is 1. The Morgan fingerprint density at radius 2 is 1.80 bits per heavy atom. The Kier molecular flexibility index (Phi) is 7.73. The lowest BCUT2D eigenvalue weighted by Crippen LogP contribution is -2.15. The maximum Gasteiger partial charge on any atom is 0.135 e. The van der Waals surface area contributed by atoms with E-state index >= 15 is 0 Å². The molecule has 0 aliphatic heterocycles. The smallest absolute Gasteiger partial charge is 0.135 e. The molecule has 1 heterocycles. The average molecular weight is 296 g/mol. The summed E-state index contributed by atoms with van der Waals surface area (Å²) in [6.45, 7) is 10.5. The molecule has 1 unspecified atom stereocenters. The SMILES string of the molecule is CCCNc1cc(NCC(C)CSC)nc(C(C)C)n1. The van der Waals surface area contributed by atoms with E-state index in [1.165, 1.54) is 0 Å². The van der Waals surface area contributed by atoms with Crippen LogP contribution in [0.4, 0.5) is 11.6 Å². The molecule has 0 aromatic carbocycles. The van der Waals surface area contributed by atoms with Gasteiger partial charge in [0, 0.05) is 25.1 Å². The normalized spacial score (nSPS) is 12.5. The Balaban J connectivity index is 2.74. The molecule has 2 N–H and O–H groups in total. The van der Waals surface area contributed by atoms with Crippen molar-refractivity contribution in [1.29, 1.82) is 0 Å². The topological polar surface area (TPSA) is 49.8 Å². The number of anilines is 2. The number of aromatic nitrogens is 2. The van der Waals surface area contributed by atoms with Gasteiger partial charge >= 0.3 is 0 Å². The zero-order chi connectivity index (χ0) is 15.0. The summed E-state index contributed by atoms with van der Waals surface area (Å²) in [4.78, 5) is 9.17. The molecular weight excluding hydrogens is 268 g/mol. The molecule has 0 saturated heterocycles. The number of hydrogen-bond donors (Lipinski definition) is 2. The molecule has 5 heteroatoms. The van der Waals surface area contributed by atoms with Gasteiger partial charge in [0.05, 0.1) is 0 Å². The number of nitrogens with one attached hydrogen (secondary N) is 2. The van der Waals surface area contributed by atoms with Crippen LogP contribution in [0.15, 0.2) is 6.07 Å². The lowest BCUT2D eigenvalue weighted by atomic mass is 10.2. The van der Waals surface area contributed by atoms with Crippen molar-refractivity contribution < 1.29 is 0 Å². The van der Waals surface area contributed by atoms with Gasteiger partial charge in [-0.1, -0.05) is 27.7 Å². The van der Waals surface area contributed by atoms with Gasteiger partial charge in [-0.2, -0.15) is 11.8 Å². The highest BCUT2D eigenvalue weighted by Gasteiger charge is 2.09. The minimum absolute atomic E-state index is 0.336. The van der Waals surface area contributed by atoms with E-state index in [9.17, 15) is 0 Å². The molecule has 1 atom stereocenters. The molecular formula is C15H28N4S. The van der Waals surface area contributed by atoms with E-state index in [1.54, 1.807) is 0 Å². The molecule has 20 heavy (non-hydrogen) atoms. The first-order valence-electron chi connectivity index (χ1n) is 7.42. The highest BCUT2D eigenvalue weighted by molar-refractivity contribution is 7.98. The van der Waals surface area contributed by atoms with Gasteiger partial charge in [0.15, 0.2) is 0 Å². The molecule has 1 aromatic rings. The molecule has 0 aliphatic carbocycles. The third-order valence-corrected chi connectivity index (χ3v) is 3.80. The summed E-state index contributed by atoms with van der Waals surface area (Å²) in [5, 5.41) is 6.78. The monoisotopic (exact) mass is 296 g/mol. The predicted molar refractivity (Wildman–Crippen MR) is 90.9 cm³/mol.